The van der Waals surface area contributed by atoms with Crippen LogP contribution in [0.2, 0.25) is 0 Å². The lowest BCUT2D eigenvalue weighted by Gasteiger charge is -2.11. The summed E-state index contributed by atoms with van der Waals surface area (Å²) in [6.07, 6.45) is 2.96. The predicted octanol–water partition coefficient (Wildman–Crippen LogP) is 3.34. The average Bonchev–Trinajstić information content (AvgIpc) is 3.38. The van der Waals surface area contributed by atoms with Gasteiger partial charge in [-0.3, -0.25) is 4.79 Å². The molecule has 1 aliphatic rings. The number of amides is 1. The number of nitrogens with one attached hydrogen (secondary N) is 1. The van der Waals surface area contributed by atoms with Gasteiger partial charge in [0.1, 0.15) is 12.1 Å². The number of sulfonamides is 1. The topological polar surface area (TPSA) is 105 Å². The van der Waals surface area contributed by atoms with Gasteiger partial charge in [0.15, 0.2) is 0 Å². The van der Waals surface area contributed by atoms with Crippen molar-refractivity contribution in [3.63, 3.8) is 0 Å². The van der Waals surface area contributed by atoms with Gasteiger partial charge in [0.2, 0.25) is 11.8 Å². The summed E-state index contributed by atoms with van der Waals surface area (Å²) in [4.78, 5) is 18.6. The van der Waals surface area contributed by atoms with Crippen LogP contribution >= 0.6 is 0 Å². The molecule has 3 aromatic rings. The first kappa shape index (κ1) is 20.8. The molecule has 1 saturated heterocycles. The number of benzene rings is 2. The van der Waals surface area contributed by atoms with E-state index in [0.29, 0.717) is 29.5 Å². The molecular weight excluding hydrogens is 416 g/mol. The van der Waals surface area contributed by atoms with E-state index in [9.17, 15) is 13.2 Å². The van der Waals surface area contributed by atoms with Crippen LogP contribution in [0.15, 0.2) is 74.6 Å². The first-order valence-electron chi connectivity index (χ1n) is 9.85. The maximum Gasteiger partial charge on any atom is 0.284 e. The zero-order chi connectivity index (χ0) is 21.8. The number of aromatic nitrogens is 1. The standard InChI is InChI=1S/C22H22N4O4S/c1-26-12-6-11-20(26)25-31(28,29)19-10-5-9-17(13-19)23-21(27)14-18-15-30-22(24-18)16-7-3-2-4-8-16/h2-5,7-10,13,15H,6,11-12,14H2,1H3,(H,23,27)/b25-20+. The van der Waals surface area contributed by atoms with Gasteiger partial charge < -0.3 is 14.6 Å². The molecule has 1 fully saturated rings. The monoisotopic (exact) mass is 438 g/mol. The third kappa shape index (κ3) is 5.00. The summed E-state index contributed by atoms with van der Waals surface area (Å²) in [5.41, 5.74) is 1.68. The van der Waals surface area contributed by atoms with E-state index in [2.05, 4.69) is 14.7 Å². The van der Waals surface area contributed by atoms with Crippen LogP contribution in [0.1, 0.15) is 18.5 Å². The predicted molar refractivity (Wildman–Crippen MR) is 117 cm³/mol. The largest absolute Gasteiger partial charge is 0.444 e. The van der Waals surface area contributed by atoms with Gasteiger partial charge in [-0.1, -0.05) is 24.3 Å². The van der Waals surface area contributed by atoms with E-state index in [-0.39, 0.29) is 17.2 Å². The van der Waals surface area contributed by atoms with Crippen LogP contribution in [0.25, 0.3) is 11.5 Å². The van der Waals surface area contributed by atoms with Crippen molar-refractivity contribution in [2.75, 3.05) is 18.9 Å². The summed E-state index contributed by atoms with van der Waals surface area (Å²) in [5, 5.41) is 2.71. The van der Waals surface area contributed by atoms with E-state index < -0.39 is 10.0 Å². The maximum atomic E-state index is 12.7. The molecule has 2 aromatic carbocycles. The molecule has 0 unspecified atom stereocenters. The van der Waals surface area contributed by atoms with Gasteiger partial charge in [0.25, 0.3) is 10.0 Å². The quantitative estimate of drug-likeness (QED) is 0.633. The second kappa shape index (κ2) is 8.73. The highest BCUT2D eigenvalue weighted by Gasteiger charge is 2.20. The second-order valence-electron chi connectivity index (χ2n) is 7.27. The van der Waals surface area contributed by atoms with Crippen LogP contribution in [0.4, 0.5) is 5.69 Å². The van der Waals surface area contributed by atoms with Gasteiger partial charge in [-0.15, -0.1) is 4.40 Å². The maximum absolute atomic E-state index is 12.7. The smallest absolute Gasteiger partial charge is 0.284 e. The highest BCUT2D eigenvalue weighted by molar-refractivity contribution is 7.90. The van der Waals surface area contributed by atoms with Crippen LogP contribution < -0.4 is 5.32 Å². The number of amidine groups is 1. The zero-order valence-electron chi connectivity index (χ0n) is 17.0. The summed E-state index contributed by atoms with van der Waals surface area (Å²) < 4.78 is 34.7. The van der Waals surface area contributed by atoms with E-state index in [1.54, 1.807) is 12.1 Å². The van der Waals surface area contributed by atoms with E-state index in [0.717, 1.165) is 18.5 Å². The van der Waals surface area contributed by atoms with Gasteiger partial charge in [0, 0.05) is 31.3 Å². The van der Waals surface area contributed by atoms with E-state index in [1.807, 2.05) is 42.3 Å². The first-order valence-corrected chi connectivity index (χ1v) is 11.3. The molecule has 31 heavy (non-hydrogen) atoms. The molecule has 0 bridgehead atoms. The molecule has 1 amide bonds. The summed E-state index contributed by atoms with van der Waals surface area (Å²) >= 11 is 0. The van der Waals surface area contributed by atoms with Crippen molar-refractivity contribution < 1.29 is 17.6 Å². The van der Waals surface area contributed by atoms with Crippen LogP contribution in [-0.2, 0) is 21.2 Å². The molecule has 4 rings (SSSR count). The molecule has 1 aromatic heterocycles. The van der Waals surface area contributed by atoms with E-state index in [4.69, 9.17) is 4.42 Å². The number of anilines is 1. The molecule has 0 spiro atoms. The van der Waals surface area contributed by atoms with Crippen molar-refractivity contribution in [2.45, 2.75) is 24.2 Å². The molecule has 0 saturated carbocycles. The number of carbonyl (C=O) groups is 1. The molecule has 2 heterocycles. The lowest BCUT2D eigenvalue weighted by atomic mass is 10.2. The Hall–Kier alpha value is -3.46. The Labute approximate surface area is 180 Å². The molecule has 9 heteroatoms. The summed E-state index contributed by atoms with van der Waals surface area (Å²) in [6.45, 7) is 0.790. The molecule has 1 aliphatic heterocycles. The normalized spacial score (nSPS) is 15.4. The average molecular weight is 439 g/mol. The Morgan fingerprint density at radius 1 is 1.19 bits per heavy atom. The minimum Gasteiger partial charge on any atom is -0.444 e. The van der Waals surface area contributed by atoms with E-state index in [1.165, 1.54) is 18.4 Å². The fourth-order valence-corrected chi connectivity index (χ4v) is 4.45. The SMILES string of the molecule is CN1CCC/C1=N\S(=O)(=O)c1cccc(NC(=O)Cc2coc(-c3ccccc3)n2)c1. The Morgan fingerprint density at radius 3 is 2.74 bits per heavy atom. The number of hydrogen-bond acceptors (Lipinski definition) is 5. The van der Waals surface area contributed by atoms with Crippen LogP contribution in [0.3, 0.4) is 0 Å². The number of likely N-dealkylation sites (tertiary alicyclic amines) is 1. The van der Waals surface area contributed by atoms with E-state index >= 15 is 0 Å². The fourth-order valence-electron chi connectivity index (χ4n) is 3.31. The van der Waals surface area contributed by atoms with Crippen molar-refractivity contribution >= 4 is 27.5 Å². The zero-order valence-corrected chi connectivity index (χ0v) is 17.8. The third-order valence-electron chi connectivity index (χ3n) is 4.89. The number of rotatable bonds is 6. The van der Waals surface area contributed by atoms with Gasteiger partial charge in [-0.2, -0.15) is 8.42 Å². The molecule has 0 aliphatic carbocycles. The lowest BCUT2D eigenvalue weighted by molar-refractivity contribution is -0.115. The van der Waals surface area contributed by atoms with Crippen LogP contribution in [0.5, 0.6) is 0 Å². The molecule has 160 valence electrons. The van der Waals surface area contributed by atoms with Crippen LogP contribution in [0, 0.1) is 0 Å². The Bertz CT molecular complexity index is 1220. The van der Waals surface area contributed by atoms with Crippen molar-refractivity contribution in [3.05, 3.63) is 66.6 Å². The van der Waals surface area contributed by atoms with Crippen molar-refractivity contribution in [1.82, 2.24) is 9.88 Å². The highest BCUT2D eigenvalue weighted by atomic mass is 32.2. The number of hydrogen-bond donors (Lipinski definition) is 1. The van der Waals surface area contributed by atoms with Gasteiger partial charge in [0.05, 0.1) is 17.0 Å². The molecule has 8 nitrogen and oxygen atoms in total. The Kier molecular flexibility index (Phi) is 5.85. The number of nitrogens with zero attached hydrogens (tertiary/aromatic N) is 3. The summed E-state index contributed by atoms with van der Waals surface area (Å²) in [5.74, 6) is 0.659. The van der Waals surface area contributed by atoms with Gasteiger partial charge in [-0.05, 0) is 36.8 Å². The number of oxazole rings is 1. The minimum atomic E-state index is -3.85. The van der Waals surface area contributed by atoms with Gasteiger partial charge >= 0.3 is 0 Å². The molecule has 0 atom stereocenters. The van der Waals surface area contributed by atoms with Crippen LogP contribution in [-0.4, -0.2) is 43.6 Å². The second-order valence-corrected chi connectivity index (χ2v) is 8.87. The summed E-state index contributed by atoms with van der Waals surface area (Å²) in [7, 11) is -2.03. The molecule has 1 N–H and O–H groups in total. The Balaban J connectivity index is 1.44. The van der Waals surface area contributed by atoms with Gasteiger partial charge in [-0.25, -0.2) is 4.98 Å². The molecule has 0 radical (unpaired) electrons. The molecular formula is C22H22N4O4S. The Morgan fingerprint density at radius 2 is 2.00 bits per heavy atom. The lowest BCUT2D eigenvalue weighted by Crippen LogP contribution is -2.20. The number of carbonyl (C=O) groups excluding carboxylic acids is 1. The highest BCUT2D eigenvalue weighted by Crippen LogP contribution is 2.21. The minimum absolute atomic E-state index is 0.000404. The van der Waals surface area contributed by atoms with Crippen molar-refractivity contribution in [2.24, 2.45) is 4.40 Å². The third-order valence-corrected chi connectivity index (χ3v) is 6.19. The van der Waals surface area contributed by atoms with Crippen molar-refractivity contribution in [1.29, 1.82) is 0 Å². The summed E-state index contributed by atoms with van der Waals surface area (Å²) in [6, 6.07) is 15.5. The van der Waals surface area contributed by atoms with Crippen molar-refractivity contribution in [3.8, 4) is 11.5 Å². The fraction of sp³-hybridized carbons (Fsp3) is 0.227. The first-order chi connectivity index (χ1) is 14.9.